The lowest BCUT2D eigenvalue weighted by Gasteiger charge is -2.38. The standard InChI is InChI=1S/C42H24N2O3/c1-3-14-31-30(11-1)39-34(24-38-40-42(39)47-37-19-8-5-16-33(37)44(40)32-15-4-7-18-36(32)45-38)43(31)26-22-20-25(21-23-26)27-12-9-13-29-28-10-2-6-17-35(28)46-41(27)29/h1-24H. The highest BCUT2D eigenvalue weighted by Crippen LogP contribution is 2.62. The summed E-state index contributed by atoms with van der Waals surface area (Å²) in [5, 5.41) is 4.43. The van der Waals surface area contributed by atoms with E-state index in [0.29, 0.717) is 0 Å². The molecule has 2 aromatic heterocycles. The molecule has 11 rings (SSSR count). The van der Waals surface area contributed by atoms with Gasteiger partial charge in [-0.3, -0.25) is 4.90 Å². The number of rotatable bonds is 2. The molecular formula is C42H24N2O3. The van der Waals surface area contributed by atoms with Crippen LogP contribution in [0.15, 0.2) is 150 Å². The summed E-state index contributed by atoms with van der Waals surface area (Å²) < 4.78 is 22.1. The van der Waals surface area contributed by atoms with Gasteiger partial charge in [-0.25, -0.2) is 0 Å². The summed E-state index contributed by atoms with van der Waals surface area (Å²) in [7, 11) is 0. The Hall–Kier alpha value is -6.46. The SMILES string of the molecule is c1ccc2c(c1)Oc1cc3c(c4c1N2c1ccccc1O4)c1ccccc1n3-c1ccc(-c2cccc3c2oc2ccccc23)cc1. The lowest BCUT2D eigenvalue weighted by molar-refractivity contribution is 0.450. The Morgan fingerprint density at radius 3 is 2.00 bits per heavy atom. The van der Waals surface area contributed by atoms with Crippen LogP contribution in [-0.4, -0.2) is 4.57 Å². The van der Waals surface area contributed by atoms with Gasteiger partial charge in [-0.1, -0.05) is 91.0 Å². The van der Waals surface area contributed by atoms with Crippen LogP contribution in [0, 0.1) is 0 Å². The first-order chi connectivity index (χ1) is 23.3. The van der Waals surface area contributed by atoms with Gasteiger partial charge in [0.25, 0.3) is 0 Å². The van der Waals surface area contributed by atoms with E-state index in [2.05, 4.69) is 107 Å². The lowest BCUT2D eigenvalue weighted by atomic mass is 10.0. The van der Waals surface area contributed by atoms with Crippen LogP contribution in [0.2, 0.25) is 0 Å². The van der Waals surface area contributed by atoms with Crippen LogP contribution in [0.25, 0.3) is 60.6 Å². The Labute approximate surface area is 269 Å². The lowest BCUT2D eigenvalue weighted by Crippen LogP contribution is -2.20. The van der Waals surface area contributed by atoms with Gasteiger partial charge in [-0.05, 0) is 54.1 Å². The molecule has 0 bridgehead atoms. The number of anilines is 3. The third kappa shape index (κ3) is 3.32. The van der Waals surface area contributed by atoms with Gasteiger partial charge in [0.05, 0.1) is 27.8 Å². The molecule has 7 aromatic carbocycles. The number of aromatic nitrogens is 1. The maximum atomic E-state index is 6.81. The van der Waals surface area contributed by atoms with Gasteiger partial charge in [0.15, 0.2) is 23.0 Å². The zero-order valence-corrected chi connectivity index (χ0v) is 25.0. The number of hydrogen-bond donors (Lipinski definition) is 0. The fourth-order valence-corrected chi connectivity index (χ4v) is 7.54. The minimum absolute atomic E-state index is 0.762. The molecule has 220 valence electrons. The van der Waals surface area contributed by atoms with Crippen LogP contribution in [0.5, 0.6) is 23.0 Å². The van der Waals surface area contributed by atoms with Crippen molar-refractivity contribution in [2.24, 2.45) is 0 Å². The largest absolute Gasteiger partial charge is 0.455 e. The summed E-state index contributed by atoms with van der Waals surface area (Å²) in [6.07, 6.45) is 0. The van der Waals surface area contributed by atoms with Crippen LogP contribution >= 0.6 is 0 Å². The molecule has 2 aliphatic rings. The van der Waals surface area contributed by atoms with Crippen molar-refractivity contribution in [3.63, 3.8) is 0 Å². The Morgan fingerprint density at radius 1 is 0.489 bits per heavy atom. The van der Waals surface area contributed by atoms with E-state index in [1.807, 2.05) is 48.5 Å². The molecule has 4 heterocycles. The van der Waals surface area contributed by atoms with Crippen molar-refractivity contribution in [1.82, 2.24) is 4.57 Å². The Morgan fingerprint density at radius 2 is 1.17 bits per heavy atom. The van der Waals surface area contributed by atoms with Gasteiger partial charge >= 0.3 is 0 Å². The van der Waals surface area contributed by atoms with Crippen molar-refractivity contribution in [3.8, 4) is 39.8 Å². The molecule has 47 heavy (non-hydrogen) atoms. The minimum atomic E-state index is 0.762. The highest BCUT2D eigenvalue weighted by molar-refractivity contribution is 6.17. The van der Waals surface area contributed by atoms with Gasteiger partial charge in [-0.2, -0.15) is 0 Å². The van der Waals surface area contributed by atoms with Crippen LogP contribution in [0.3, 0.4) is 0 Å². The average molecular weight is 605 g/mol. The second-order valence-electron chi connectivity index (χ2n) is 12.1. The number of furan rings is 1. The van der Waals surface area contributed by atoms with E-state index in [9.17, 15) is 0 Å². The smallest absolute Gasteiger partial charge is 0.165 e. The molecular weight excluding hydrogens is 580 g/mol. The maximum absolute atomic E-state index is 6.81. The molecule has 0 saturated carbocycles. The van der Waals surface area contributed by atoms with E-state index in [0.717, 1.165) is 101 Å². The molecule has 0 fully saturated rings. The Balaban J connectivity index is 1.14. The second-order valence-corrected chi connectivity index (χ2v) is 12.1. The number of fused-ring (bicyclic) bond motifs is 11. The van der Waals surface area contributed by atoms with Crippen LogP contribution in [0.1, 0.15) is 0 Å². The zero-order valence-electron chi connectivity index (χ0n) is 25.0. The number of nitrogens with zero attached hydrogens (tertiary/aromatic N) is 2. The summed E-state index contributed by atoms with van der Waals surface area (Å²) in [6, 6.07) is 50.4. The first-order valence-electron chi connectivity index (χ1n) is 15.8. The van der Waals surface area contributed by atoms with E-state index < -0.39 is 0 Å². The fraction of sp³-hybridized carbons (Fsp3) is 0. The molecule has 0 atom stereocenters. The van der Waals surface area contributed by atoms with Crippen molar-refractivity contribution < 1.29 is 13.9 Å². The fourth-order valence-electron chi connectivity index (χ4n) is 7.54. The highest BCUT2D eigenvalue weighted by Gasteiger charge is 2.37. The topological polar surface area (TPSA) is 39.8 Å². The second kappa shape index (κ2) is 9.05. The molecule has 5 heteroatoms. The number of hydrogen-bond acceptors (Lipinski definition) is 4. The summed E-state index contributed by atoms with van der Waals surface area (Å²) >= 11 is 0. The van der Waals surface area contributed by atoms with Gasteiger partial charge in [0.2, 0.25) is 0 Å². The van der Waals surface area contributed by atoms with Crippen molar-refractivity contribution in [2.75, 3.05) is 4.90 Å². The Bertz CT molecular complexity index is 2740. The third-order valence-corrected chi connectivity index (χ3v) is 9.56. The van der Waals surface area contributed by atoms with E-state index >= 15 is 0 Å². The van der Waals surface area contributed by atoms with Gasteiger partial charge in [0, 0.05) is 33.5 Å². The molecule has 0 aliphatic carbocycles. The molecule has 0 spiro atoms. The van der Waals surface area contributed by atoms with E-state index in [1.165, 1.54) is 0 Å². The van der Waals surface area contributed by atoms with Crippen molar-refractivity contribution in [3.05, 3.63) is 146 Å². The Kier molecular flexibility index (Phi) is 4.78. The summed E-state index contributed by atoms with van der Waals surface area (Å²) in [5.41, 5.74) is 10.1. The van der Waals surface area contributed by atoms with Crippen molar-refractivity contribution in [2.45, 2.75) is 0 Å². The molecule has 9 aromatic rings. The van der Waals surface area contributed by atoms with Crippen LogP contribution in [-0.2, 0) is 0 Å². The highest BCUT2D eigenvalue weighted by atomic mass is 16.5. The predicted octanol–water partition coefficient (Wildman–Crippen LogP) is 12.0. The van der Waals surface area contributed by atoms with Crippen LogP contribution < -0.4 is 14.4 Å². The predicted molar refractivity (Wildman–Crippen MR) is 188 cm³/mol. The molecule has 0 radical (unpaired) electrons. The first-order valence-corrected chi connectivity index (χ1v) is 15.8. The molecule has 0 N–H and O–H groups in total. The molecule has 5 nitrogen and oxygen atoms in total. The van der Waals surface area contributed by atoms with Crippen molar-refractivity contribution in [1.29, 1.82) is 0 Å². The molecule has 0 amide bonds. The van der Waals surface area contributed by atoms with Crippen molar-refractivity contribution >= 4 is 60.8 Å². The van der Waals surface area contributed by atoms with Gasteiger partial charge in [0.1, 0.15) is 16.9 Å². The average Bonchev–Trinajstić information content (AvgIpc) is 3.67. The minimum Gasteiger partial charge on any atom is -0.455 e. The molecule has 0 saturated heterocycles. The third-order valence-electron chi connectivity index (χ3n) is 9.56. The van der Waals surface area contributed by atoms with Crippen LogP contribution in [0.4, 0.5) is 17.1 Å². The monoisotopic (exact) mass is 604 g/mol. The van der Waals surface area contributed by atoms with E-state index in [-0.39, 0.29) is 0 Å². The summed E-state index contributed by atoms with van der Waals surface area (Å²) in [6.45, 7) is 0. The number of ether oxygens (including phenoxy) is 2. The number of benzene rings is 7. The molecule has 0 unspecified atom stereocenters. The normalized spacial score (nSPS) is 13.0. The quantitative estimate of drug-likeness (QED) is 0.197. The van der Waals surface area contributed by atoms with Gasteiger partial charge in [-0.15, -0.1) is 0 Å². The summed E-state index contributed by atoms with van der Waals surface area (Å²) in [4.78, 5) is 2.28. The number of para-hydroxylation sites is 7. The van der Waals surface area contributed by atoms with E-state index in [1.54, 1.807) is 0 Å². The van der Waals surface area contributed by atoms with Gasteiger partial charge < -0.3 is 18.5 Å². The summed E-state index contributed by atoms with van der Waals surface area (Å²) in [5.74, 6) is 3.19. The van der Waals surface area contributed by atoms with E-state index in [4.69, 9.17) is 13.9 Å². The zero-order chi connectivity index (χ0) is 30.6. The molecule has 2 aliphatic heterocycles. The maximum Gasteiger partial charge on any atom is 0.165 e. The first kappa shape index (κ1) is 24.8.